The molecule has 1 N–H and O–H groups in total. The molecule has 0 aromatic heterocycles. The highest BCUT2D eigenvalue weighted by atomic mass is 16.3. The number of hydrogen-bond donors (Lipinski definition) is 1. The Morgan fingerprint density at radius 3 is 3.11 bits per heavy atom. The van der Waals surface area contributed by atoms with Gasteiger partial charge in [-0.05, 0) is 61.4 Å². The molecular weight excluding hydrogens is 226 g/mol. The molecule has 0 bridgehead atoms. The van der Waals surface area contributed by atoms with E-state index >= 15 is 0 Å². The fourth-order valence-corrected chi connectivity index (χ4v) is 3.67. The van der Waals surface area contributed by atoms with Crippen molar-refractivity contribution in [1.29, 1.82) is 0 Å². The minimum absolute atomic E-state index is 0.368. The van der Waals surface area contributed by atoms with Gasteiger partial charge in [0.1, 0.15) is 12.0 Å². The van der Waals surface area contributed by atoms with Crippen LogP contribution in [0.3, 0.4) is 0 Å². The number of aldehydes is 1. The minimum atomic E-state index is 0.368. The summed E-state index contributed by atoms with van der Waals surface area (Å²) in [6.07, 6.45) is 5.51. The van der Waals surface area contributed by atoms with E-state index in [1.54, 1.807) is 6.07 Å². The molecule has 1 aliphatic heterocycles. The zero-order chi connectivity index (χ0) is 12.5. The average Bonchev–Trinajstić information content (AvgIpc) is 2.38. The summed E-state index contributed by atoms with van der Waals surface area (Å²) in [6.45, 7) is 1.61. The first-order valence-corrected chi connectivity index (χ1v) is 6.79. The van der Waals surface area contributed by atoms with E-state index < -0.39 is 0 Å². The lowest BCUT2D eigenvalue weighted by Crippen LogP contribution is -2.46. The smallest absolute Gasteiger partial charge is 0.133 e. The molecule has 2 aliphatic rings. The molecule has 1 heterocycles. The normalized spacial score (nSPS) is 27.3. The number of nitrogens with zero attached hydrogens (tertiary/aromatic N) is 1. The summed E-state index contributed by atoms with van der Waals surface area (Å²) < 4.78 is 0. The van der Waals surface area contributed by atoms with Crippen molar-refractivity contribution in [3.8, 4) is 5.75 Å². The van der Waals surface area contributed by atoms with Crippen molar-refractivity contribution in [2.75, 3.05) is 13.1 Å². The molecule has 0 amide bonds. The molecule has 3 heteroatoms. The quantitative estimate of drug-likeness (QED) is 0.811. The third-order valence-corrected chi connectivity index (χ3v) is 4.44. The van der Waals surface area contributed by atoms with Crippen LogP contribution in [0.15, 0.2) is 18.2 Å². The molecule has 2 atom stereocenters. The van der Waals surface area contributed by atoms with Crippen LogP contribution in [0.2, 0.25) is 0 Å². The van der Waals surface area contributed by atoms with Gasteiger partial charge in [0.05, 0.1) is 6.54 Å². The van der Waals surface area contributed by atoms with Gasteiger partial charge < -0.3 is 9.90 Å². The van der Waals surface area contributed by atoms with Crippen LogP contribution >= 0.6 is 0 Å². The van der Waals surface area contributed by atoms with E-state index in [1.807, 2.05) is 6.07 Å². The molecule has 96 valence electrons. The van der Waals surface area contributed by atoms with Crippen LogP contribution in [-0.4, -0.2) is 35.4 Å². The first-order valence-electron chi connectivity index (χ1n) is 6.79. The van der Waals surface area contributed by atoms with Crippen LogP contribution < -0.4 is 0 Å². The highest BCUT2D eigenvalue weighted by Gasteiger charge is 2.35. The number of rotatable bonds is 2. The van der Waals surface area contributed by atoms with Gasteiger partial charge in [0, 0.05) is 6.04 Å². The maximum atomic E-state index is 10.8. The van der Waals surface area contributed by atoms with Crippen LogP contribution in [0.25, 0.3) is 0 Å². The van der Waals surface area contributed by atoms with E-state index in [0.29, 0.717) is 24.3 Å². The predicted octanol–water partition coefficient (Wildman–Crippen LogP) is 2.09. The number of piperidine rings is 1. The monoisotopic (exact) mass is 245 g/mol. The lowest BCUT2D eigenvalue weighted by atomic mass is 9.74. The van der Waals surface area contributed by atoms with Gasteiger partial charge >= 0.3 is 0 Å². The zero-order valence-electron chi connectivity index (χ0n) is 10.5. The largest absolute Gasteiger partial charge is 0.508 e. The van der Waals surface area contributed by atoms with Crippen molar-refractivity contribution in [2.45, 2.75) is 37.6 Å². The standard InChI is InChI=1S/C15H19NO2/c17-9-8-16-7-1-2-14-13-5-4-12(18)10-11(13)3-6-15(14)16/h4-5,9-10,14-15,18H,1-3,6-8H2. The molecule has 1 aliphatic carbocycles. The van der Waals surface area contributed by atoms with E-state index in [4.69, 9.17) is 0 Å². The molecule has 18 heavy (non-hydrogen) atoms. The number of aryl methyl sites for hydroxylation is 1. The van der Waals surface area contributed by atoms with Gasteiger partial charge in [0.15, 0.2) is 0 Å². The molecule has 3 rings (SSSR count). The third-order valence-electron chi connectivity index (χ3n) is 4.44. The Bertz CT molecular complexity index is 458. The van der Waals surface area contributed by atoms with Gasteiger partial charge in [-0.3, -0.25) is 4.90 Å². The van der Waals surface area contributed by atoms with E-state index in [-0.39, 0.29) is 0 Å². The van der Waals surface area contributed by atoms with Crippen LogP contribution in [0.4, 0.5) is 0 Å². The van der Waals surface area contributed by atoms with Gasteiger partial charge in [0.2, 0.25) is 0 Å². The van der Waals surface area contributed by atoms with E-state index in [0.717, 1.165) is 32.1 Å². The van der Waals surface area contributed by atoms with Gasteiger partial charge in [-0.15, -0.1) is 0 Å². The molecule has 1 aromatic rings. The number of aromatic hydroxyl groups is 1. The Morgan fingerprint density at radius 1 is 1.39 bits per heavy atom. The van der Waals surface area contributed by atoms with Crippen LogP contribution in [-0.2, 0) is 11.2 Å². The molecule has 0 radical (unpaired) electrons. The Kier molecular flexibility index (Phi) is 3.08. The second-order valence-electron chi connectivity index (χ2n) is 5.40. The van der Waals surface area contributed by atoms with Crippen molar-refractivity contribution < 1.29 is 9.90 Å². The second kappa shape index (κ2) is 4.73. The lowest BCUT2D eigenvalue weighted by Gasteiger charge is -2.44. The molecule has 2 unspecified atom stereocenters. The summed E-state index contributed by atoms with van der Waals surface area (Å²) in [4.78, 5) is 13.1. The predicted molar refractivity (Wildman–Crippen MR) is 69.8 cm³/mol. The van der Waals surface area contributed by atoms with E-state index in [9.17, 15) is 9.90 Å². The van der Waals surface area contributed by atoms with Gasteiger partial charge in [0.25, 0.3) is 0 Å². The van der Waals surface area contributed by atoms with Gasteiger partial charge in [-0.1, -0.05) is 6.07 Å². The SMILES string of the molecule is O=CCN1CCCC2c3ccc(O)cc3CCC21. The lowest BCUT2D eigenvalue weighted by molar-refractivity contribution is -0.109. The van der Waals surface area contributed by atoms with E-state index in [2.05, 4.69) is 11.0 Å². The number of hydrogen-bond acceptors (Lipinski definition) is 3. The fourth-order valence-electron chi connectivity index (χ4n) is 3.67. The Balaban J connectivity index is 1.91. The Hall–Kier alpha value is -1.35. The van der Waals surface area contributed by atoms with Crippen molar-refractivity contribution in [1.82, 2.24) is 4.90 Å². The van der Waals surface area contributed by atoms with Crippen molar-refractivity contribution in [3.63, 3.8) is 0 Å². The number of likely N-dealkylation sites (tertiary alicyclic amines) is 1. The minimum Gasteiger partial charge on any atom is -0.508 e. The van der Waals surface area contributed by atoms with Crippen molar-refractivity contribution >= 4 is 6.29 Å². The number of fused-ring (bicyclic) bond motifs is 3. The maximum absolute atomic E-state index is 10.8. The zero-order valence-corrected chi connectivity index (χ0v) is 10.5. The second-order valence-corrected chi connectivity index (χ2v) is 5.40. The molecule has 3 nitrogen and oxygen atoms in total. The number of phenolic OH excluding ortho intramolecular Hbond substituents is 1. The van der Waals surface area contributed by atoms with E-state index in [1.165, 1.54) is 17.5 Å². The summed E-state index contributed by atoms with van der Waals surface area (Å²) in [5.74, 6) is 0.913. The maximum Gasteiger partial charge on any atom is 0.133 e. The third kappa shape index (κ3) is 1.93. The van der Waals surface area contributed by atoms with Gasteiger partial charge in [-0.25, -0.2) is 0 Å². The first-order chi connectivity index (χ1) is 8.79. The molecule has 1 fully saturated rings. The summed E-state index contributed by atoms with van der Waals surface area (Å²) >= 11 is 0. The average molecular weight is 245 g/mol. The number of carbonyl (C=O) groups is 1. The fraction of sp³-hybridized carbons (Fsp3) is 0.533. The molecule has 1 saturated heterocycles. The van der Waals surface area contributed by atoms with Crippen LogP contribution in [0.1, 0.15) is 36.3 Å². The summed E-state index contributed by atoms with van der Waals surface area (Å²) in [7, 11) is 0. The molecular formula is C15H19NO2. The molecule has 0 spiro atoms. The molecule has 1 aromatic carbocycles. The number of phenols is 1. The number of carbonyl (C=O) groups excluding carboxylic acids is 1. The molecule has 0 saturated carbocycles. The van der Waals surface area contributed by atoms with Crippen LogP contribution in [0.5, 0.6) is 5.75 Å². The Labute approximate surface area is 107 Å². The number of benzene rings is 1. The van der Waals surface area contributed by atoms with Gasteiger partial charge in [-0.2, -0.15) is 0 Å². The highest BCUT2D eigenvalue weighted by molar-refractivity contribution is 5.52. The first kappa shape index (κ1) is 11.7. The van der Waals surface area contributed by atoms with Crippen molar-refractivity contribution in [3.05, 3.63) is 29.3 Å². The van der Waals surface area contributed by atoms with Crippen molar-refractivity contribution in [2.24, 2.45) is 0 Å². The van der Waals surface area contributed by atoms with Crippen LogP contribution in [0, 0.1) is 0 Å². The summed E-state index contributed by atoms with van der Waals surface area (Å²) in [5.41, 5.74) is 2.68. The topological polar surface area (TPSA) is 40.5 Å². The Morgan fingerprint density at radius 2 is 2.28 bits per heavy atom. The summed E-state index contributed by atoms with van der Waals surface area (Å²) in [5, 5.41) is 9.56. The summed E-state index contributed by atoms with van der Waals surface area (Å²) in [6, 6.07) is 6.29. The highest BCUT2D eigenvalue weighted by Crippen LogP contribution is 2.41.